The summed E-state index contributed by atoms with van der Waals surface area (Å²) in [5.41, 5.74) is -0.642. The minimum absolute atomic E-state index is 0.148. The number of hydrogen-bond donors (Lipinski definition) is 0. The van der Waals surface area contributed by atoms with Crippen LogP contribution < -0.4 is 0 Å². The average Bonchev–Trinajstić information content (AvgIpc) is 2.69. The minimum Gasteiger partial charge on any atom is -0.464 e. The molecule has 3 aliphatic heterocycles. The van der Waals surface area contributed by atoms with E-state index in [0.29, 0.717) is 0 Å². The second-order valence-electron chi connectivity index (χ2n) is 14.2. The third-order valence-corrected chi connectivity index (χ3v) is 72.7. The molecule has 0 amide bonds. The largest absolute Gasteiger partial charge is 0.464 e. The van der Waals surface area contributed by atoms with Crippen molar-refractivity contribution in [2.24, 2.45) is 0 Å². The van der Waals surface area contributed by atoms with Crippen LogP contribution >= 0.6 is 0 Å². The first-order valence-corrected chi connectivity index (χ1v) is 27.3. The van der Waals surface area contributed by atoms with Gasteiger partial charge >= 0.3 is 5.97 Å². The van der Waals surface area contributed by atoms with Gasteiger partial charge in [-0.25, -0.2) is 4.79 Å². The lowest BCUT2D eigenvalue weighted by Gasteiger charge is -2.67. The van der Waals surface area contributed by atoms with Crippen molar-refractivity contribution < 1.29 is 22.8 Å². The summed E-state index contributed by atoms with van der Waals surface area (Å²) in [6.45, 7) is 24.5. The van der Waals surface area contributed by atoms with Crippen molar-refractivity contribution in [3.8, 4) is 0 Å². The summed E-state index contributed by atoms with van der Waals surface area (Å²) in [6, 6.07) is 3.39. The van der Waals surface area contributed by atoms with Crippen LogP contribution in [-0.4, -0.2) is 58.6 Å². The molecule has 0 N–H and O–H groups in total. The Kier molecular flexibility index (Phi) is 8.62. The van der Waals surface area contributed by atoms with E-state index in [1.54, 1.807) is 0 Å². The Hall–Kier alpha value is -0.0425. The Morgan fingerprint density at radius 3 is 1.42 bits per heavy atom. The normalized spacial score (nSPS) is 38.4. The molecule has 3 rings (SSSR count). The highest BCUT2D eigenvalue weighted by Crippen LogP contribution is 2.55. The summed E-state index contributed by atoms with van der Waals surface area (Å²) >= 11 is 0. The van der Waals surface area contributed by atoms with Crippen LogP contribution in [0.1, 0.15) is 93.4 Å². The van der Waals surface area contributed by atoms with Gasteiger partial charge in [-0.05, 0) is 105 Å². The molecular formula is C27H54O5Si4. The minimum atomic E-state index is -2.68. The summed E-state index contributed by atoms with van der Waals surface area (Å²) in [6.07, 6.45) is 8.93. The average molecular weight is 571 g/mol. The fraction of sp³-hybridized carbons (Fsp3) is 0.889. The van der Waals surface area contributed by atoms with Crippen molar-refractivity contribution in [3.63, 3.8) is 0 Å². The molecule has 0 aromatic heterocycles. The standard InChI is InChI=1S/C27H54O5Si4/c1-12-23(28)29-24(13-2)36(33(9)20-14-17-25(3,4)30-33,34(10)21-15-18-26(5,6)31-34)35(11)22-16-19-27(7,8)32-35/h12,24H,1,13-22H2,2-11H3. The van der Waals surface area contributed by atoms with E-state index in [1.807, 2.05) is 0 Å². The van der Waals surface area contributed by atoms with Gasteiger partial charge in [-0.15, -0.1) is 0 Å². The fourth-order valence-corrected chi connectivity index (χ4v) is 91.0. The Labute approximate surface area is 224 Å². The number of esters is 1. The molecule has 0 aliphatic carbocycles. The molecule has 9 heteroatoms. The van der Waals surface area contributed by atoms with Crippen molar-refractivity contribution in [2.45, 2.75) is 154 Å². The molecule has 3 fully saturated rings. The lowest BCUT2D eigenvalue weighted by atomic mass is 10.0. The van der Waals surface area contributed by atoms with Crippen LogP contribution in [-0.2, 0) is 22.8 Å². The second kappa shape index (κ2) is 10.2. The predicted molar refractivity (Wildman–Crippen MR) is 159 cm³/mol. The molecule has 3 saturated heterocycles. The van der Waals surface area contributed by atoms with E-state index >= 15 is 0 Å². The molecule has 36 heavy (non-hydrogen) atoms. The van der Waals surface area contributed by atoms with E-state index in [-0.39, 0.29) is 28.5 Å². The summed E-state index contributed by atoms with van der Waals surface area (Å²) in [5, 5.41) is 0. The maximum absolute atomic E-state index is 13.0. The van der Waals surface area contributed by atoms with Crippen LogP contribution in [0, 0.1) is 0 Å². The van der Waals surface area contributed by atoms with Crippen molar-refractivity contribution in [1.29, 1.82) is 0 Å². The molecule has 208 valence electrons. The van der Waals surface area contributed by atoms with Gasteiger partial charge in [0.05, 0.1) is 22.5 Å². The topological polar surface area (TPSA) is 54.0 Å². The molecule has 0 radical (unpaired) electrons. The number of rotatable bonds is 7. The van der Waals surface area contributed by atoms with E-state index in [9.17, 15) is 4.79 Å². The predicted octanol–water partition coefficient (Wildman–Crippen LogP) is 7.21. The van der Waals surface area contributed by atoms with Crippen LogP contribution in [0.25, 0.3) is 0 Å². The number of carbonyl (C=O) groups is 1. The Bertz CT molecular complexity index is 762. The van der Waals surface area contributed by atoms with Crippen molar-refractivity contribution in [3.05, 3.63) is 12.7 Å². The van der Waals surface area contributed by atoms with E-state index in [2.05, 4.69) is 74.7 Å². The number of carbonyl (C=O) groups excluding carboxylic acids is 1. The molecule has 0 aromatic carbocycles. The first-order valence-electron chi connectivity index (χ1n) is 14.3. The molecular weight excluding hydrogens is 517 g/mol. The van der Waals surface area contributed by atoms with Gasteiger partial charge in [0.15, 0.2) is 30.1 Å². The quantitative estimate of drug-likeness (QED) is 0.184. The lowest BCUT2D eigenvalue weighted by molar-refractivity contribution is -0.139. The van der Waals surface area contributed by atoms with E-state index in [1.165, 1.54) is 25.3 Å². The molecule has 4 atom stereocenters. The highest BCUT2D eigenvalue weighted by Gasteiger charge is 2.81. The summed E-state index contributed by atoms with van der Waals surface area (Å²) in [4.78, 5) is 13.0. The Morgan fingerprint density at radius 1 is 0.833 bits per heavy atom. The van der Waals surface area contributed by atoms with Crippen LogP contribution in [0.2, 0.25) is 37.8 Å². The van der Waals surface area contributed by atoms with E-state index in [0.717, 1.165) is 43.8 Å². The van der Waals surface area contributed by atoms with Crippen molar-refractivity contribution in [2.75, 3.05) is 0 Å². The maximum atomic E-state index is 13.0. The molecule has 3 heterocycles. The molecule has 4 unspecified atom stereocenters. The lowest BCUT2D eigenvalue weighted by Crippen LogP contribution is -2.95. The Morgan fingerprint density at radius 2 is 1.17 bits per heavy atom. The van der Waals surface area contributed by atoms with Gasteiger partial charge in [-0.1, -0.05) is 32.8 Å². The van der Waals surface area contributed by atoms with Gasteiger partial charge in [0.1, 0.15) is 0 Å². The third-order valence-electron chi connectivity index (χ3n) is 9.58. The SMILES string of the molecule is C=CC(=O)OC(CC)[Si]([Si]1(C)CCCC(C)(C)O1)([Si]1(C)CCCC(C)(C)O1)[Si]1(C)CCCC(C)(C)O1. The highest BCUT2D eigenvalue weighted by molar-refractivity contribution is 7.88. The van der Waals surface area contributed by atoms with Crippen LogP contribution in [0.15, 0.2) is 12.7 Å². The van der Waals surface area contributed by atoms with Gasteiger partial charge in [0, 0.05) is 6.08 Å². The first kappa shape index (κ1) is 30.5. The zero-order chi connectivity index (χ0) is 27.3. The van der Waals surface area contributed by atoms with Crippen LogP contribution in [0.4, 0.5) is 0 Å². The summed E-state index contributed by atoms with van der Waals surface area (Å²) in [7, 11) is -7.38. The molecule has 3 aliphatic rings. The van der Waals surface area contributed by atoms with Gasteiger partial charge < -0.3 is 18.0 Å². The Balaban J connectivity index is 2.41. The second-order valence-corrected chi connectivity index (χ2v) is 47.1. The van der Waals surface area contributed by atoms with E-state index in [4.69, 9.17) is 18.0 Å². The number of ether oxygens (including phenoxy) is 1. The highest BCUT2D eigenvalue weighted by atomic mass is 29.9. The molecule has 0 spiro atoms. The van der Waals surface area contributed by atoms with Gasteiger partial charge in [-0.2, -0.15) is 0 Å². The summed E-state index contributed by atoms with van der Waals surface area (Å²) < 4.78 is 29.0. The van der Waals surface area contributed by atoms with Crippen LogP contribution in [0.5, 0.6) is 0 Å². The first-order chi connectivity index (χ1) is 16.4. The van der Waals surface area contributed by atoms with Crippen molar-refractivity contribution in [1.82, 2.24) is 0 Å². The zero-order valence-electron chi connectivity index (χ0n) is 25.0. The molecule has 0 bridgehead atoms. The van der Waals surface area contributed by atoms with Gasteiger partial charge in [0.2, 0.25) is 0 Å². The summed E-state index contributed by atoms with van der Waals surface area (Å²) in [5.74, 6) is -0.299. The van der Waals surface area contributed by atoms with Crippen LogP contribution in [0.3, 0.4) is 0 Å². The van der Waals surface area contributed by atoms with Gasteiger partial charge in [0.25, 0.3) is 0 Å². The van der Waals surface area contributed by atoms with Crippen molar-refractivity contribution >= 4 is 36.1 Å². The number of hydrogen-bond acceptors (Lipinski definition) is 5. The monoisotopic (exact) mass is 570 g/mol. The van der Waals surface area contributed by atoms with Gasteiger partial charge in [-0.3, -0.25) is 0 Å². The molecule has 0 saturated carbocycles. The molecule has 5 nitrogen and oxygen atoms in total. The fourth-order valence-electron chi connectivity index (χ4n) is 8.89. The molecule has 0 aromatic rings. The zero-order valence-corrected chi connectivity index (χ0v) is 29.0. The third kappa shape index (κ3) is 5.36. The smallest absolute Gasteiger partial charge is 0.330 e. The maximum Gasteiger partial charge on any atom is 0.330 e. The van der Waals surface area contributed by atoms with E-state index < -0.39 is 30.1 Å².